The van der Waals surface area contributed by atoms with Crippen molar-refractivity contribution in [3.8, 4) is 12.3 Å². The lowest BCUT2D eigenvalue weighted by molar-refractivity contribution is 0.0527. The van der Waals surface area contributed by atoms with Gasteiger partial charge in [0, 0.05) is 67.0 Å². The number of imidazole rings is 1. The summed E-state index contributed by atoms with van der Waals surface area (Å²) in [4.78, 5) is 12.6. The average Bonchev–Trinajstić information content (AvgIpc) is 3.25. The lowest BCUT2D eigenvalue weighted by atomic mass is 9.95. The fourth-order valence-corrected chi connectivity index (χ4v) is 5.60. The number of alkyl halides is 2. The Morgan fingerprint density at radius 3 is 2.74 bits per heavy atom. The summed E-state index contributed by atoms with van der Waals surface area (Å²) in [5.74, 6) is -0.641. The fraction of sp³-hybridized carbons (Fsp3) is 0.310. The Morgan fingerprint density at radius 1 is 1.13 bits per heavy atom. The number of halogens is 3. The van der Waals surface area contributed by atoms with Gasteiger partial charge in [-0.05, 0) is 50.4 Å². The number of benzene rings is 1. The van der Waals surface area contributed by atoms with Gasteiger partial charge in [0.1, 0.15) is 5.82 Å². The van der Waals surface area contributed by atoms with Crippen molar-refractivity contribution in [1.82, 2.24) is 19.7 Å². The van der Waals surface area contributed by atoms with Crippen molar-refractivity contribution in [3.63, 3.8) is 0 Å². The first-order chi connectivity index (χ1) is 18.1. The number of anilines is 3. The zero-order valence-corrected chi connectivity index (χ0v) is 21.3. The van der Waals surface area contributed by atoms with Gasteiger partial charge < -0.3 is 14.2 Å². The van der Waals surface area contributed by atoms with Gasteiger partial charge in [-0.1, -0.05) is 11.5 Å². The second-order valence-electron chi connectivity index (χ2n) is 10.3. The number of rotatable bonds is 2. The molecule has 6 nitrogen and oxygen atoms in total. The van der Waals surface area contributed by atoms with Crippen molar-refractivity contribution in [2.45, 2.75) is 38.8 Å². The van der Waals surface area contributed by atoms with Crippen LogP contribution in [0.4, 0.5) is 30.4 Å². The first-order valence-corrected chi connectivity index (χ1v) is 12.5. The summed E-state index contributed by atoms with van der Waals surface area (Å²) in [6.07, 6.45) is 11.8. The van der Waals surface area contributed by atoms with Crippen LogP contribution in [0.15, 0.2) is 54.5 Å². The molecule has 3 aromatic heterocycles. The van der Waals surface area contributed by atoms with Gasteiger partial charge >= 0.3 is 0 Å². The molecule has 0 aliphatic carbocycles. The van der Waals surface area contributed by atoms with Crippen LogP contribution in [0.1, 0.15) is 25.1 Å². The largest absolute Gasteiger partial charge is 0.367 e. The average molecular weight is 517 g/mol. The minimum Gasteiger partial charge on any atom is -0.367 e. The molecule has 0 amide bonds. The second-order valence-corrected chi connectivity index (χ2v) is 10.3. The highest BCUT2D eigenvalue weighted by Crippen LogP contribution is 2.45. The minimum absolute atomic E-state index is 0.102. The van der Waals surface area contributed by atoms with Crippen molar-refractivity contribution in [1.29, 1.82) is 0 Å². The van der Waals surface area contributed by atoms with Crippen molar-refractivity contribution in [2.24, 2.45) is 0 Å². The van der Waals surface area contributed by atoms with Crippen LogP contribution in [-0.2, 0) is 5.92 Å². The molecule has 4 aromatic rings. The van der Waals surface area contributed by atoms with E-state index in [1.807, 2.05) is 13.0 Å². The number of allylic oxidation sites excluding steroid dienone is 1. The van der Waals surface area contributed by atoms with Gasteiger partial charge in [0.2, 0.25) is 0 Å². The Morgan fingerprint density at radius 2 is 1.95 bits per heavy atom. The molecule has 6 rings (SSSR count). The molecule has 0 saturated carbocycles. The van der Waals surface area contributed by atoms with E-state index in [4.69, 9.17) is 6.42 Å². The van der Waals surface area contributed by atoms with E-state index in [2.05, 4.69) is 26.1 Å². The zero-order valence-electron chi connectivity index (χ0n) is 21.3. The van der Waals surface area contributed by atoms with Gasteiger partial charge in [-0.2, -0.15) is 8.78 Å². The molecule has 1 saturated heterocycles. The third-order valence-corrected chi connectivity index (χ3v) is 7.15. The number of hydrogen-bond donors (Lipinski definition) is 1. The van der Waals surface area contributed by atoms with Gasteiger partial charge in [-0.3, -0.25) is 5.32 Å². The molecule has 1 fully saturated rings. The van der Waals surface area contributed by atoms with Crippen molar-refractivity contribution in [3.05, 3.63) is 71.6 Å². The van der Waals surface area contributed by atoms with E-state index >= 15 is 13.2 Å². The predicted octanol–water partition coefficient (Wildman–Crippen LogP) is 5.32. The molecule has 1 aromatic carbocycles. The van der Waals surface area contributed by atoms with E-state index in [0.717, 1.165) is 6.08 Å². The van der Waals surface area contributed by atoms with Crippen LogP contribution in [0.25, 0.3) is 16.4 Å². The first kappa shape index (κ1) is 24.3. The summed E-state index contributed by atoms with van der Waals surface area (Å²) >= 11 is 0. The van der Waals surface area contributed by atoms with Crippen molar-refractivity contribution < 1.29 is 13.2 Å². The molecule has 0 radical (unpaired) electrons. The van der Waals surface area contributed by atoms with Crippen LogP contribution in [0.2, 0.25) is 0 Å². The van der Waals surface area contributed by atoms with E-state index in [0.29, 0.717) is 52.3 Å². The molecular weight excluding hydrogens is 489 g/mol. The Balaban J connectivity index is 1.57. The first-order valence-electron chi connectivity index (χ1n) is 12.5. The normalized spacial score (nSPS) is 22.6. The smallest absolute Gasteiger partial charge is 0.292 e. The van der Waals surface area contributed by atoms with Gasteiger partial charge in [0.15, 0.2) is 11.5 Å². The lowest BCUT2D eigenvalue weighted by Gasteiger charge is -2.38. The second kappa shape index (κ2) is 8.77. The summed E-state index contributed by atoms with van der Waals surface area (Å²) in [7, 11) is 0. The number of nitrogens with one attached hydrogen (secondary N) is 1. The number of terminal acetylenes is 1. The molecule has 2 atom stereocenters. The molecule has 2 aliphatic heterocycles. The monoisotopic (exact) mass is 516 g/mol. The summed E-state index contributed by atoms with van der Waals surface area (Å²) in [5.41, 5.74) is 2.36. The topological polar surface area (TPSA) is 48.7 Å². The maximum atomic E-state index is 15.9. The third-order valence-electron chi connectivity index (χ3n) is 7.15. The minimum atomic E-state index is -3.23. The standard InChI is InChI=1S/C29H27F3N6/c1-5-21-15-36(13-18(3)34-21)22-8-20-6-7-33-28-26(20)24(9-22)29(31,32)11-17(2)12-38(28)23-10-25(30)27-35-19(4)14-37(27)16-23/h1,6-11,14,16,18,21,34H,12-13,15H2,2-4H3/b17-11-/t18-,21+/m0/s1. The number of pyridine rings is 2. The van der Waals surface area contributed by atoms with Crippen molar-refractivity contribution in [2.75, 3.05) is 29.4 Å². The van der Waals surface area contributed by atoms with Crippen LogP contribution < -0.4 is 15.1 Å². The summed E-state index contributed by atoms with van der Waals surface area (Å²) in [6, 6.07) is 6.50. The van der Waals surface area contributed by atoms with Crippen LogP contribution in [0, 0.1) is 25.1 Å². The van der Waals surface area contributed by atoms with E-state index in [-0.39, 0.29) is 29.8 Å². The molecule has 0 spiro atoms. The fourth-order valence-electron chi connectivity index (χ4n) is 5.60. The molecule has 0 bridgehead atoms. The quantitative estimate of drug-likeness (QED) is 0.289. The Labute approximate surface area is 218 Å². The van der Waals surface area contributed by atoms with Crippen LogP contribution in [0.5, 0.6) is 0 Å². The molecule has 194 valence electrons. The van der Waals surface area contributed by atoms with Crippen molar-refractivity contribution >= 4 is 33.6 Å². The predicted molar refractivity (Wildman–Crippen MR) is 144 cm³/mol. The highest BCUT2D eigenvalue weighted by Gasteiger charge is 2.36. The number of aromatic nitrogens is 3. The Hall–Kier alpha value is -4.03. The lowest BCUT2D eigenvalue weighted by Crippen LogP contribution is -2.55. The molecule has 1 N–H and O–H groups in total. The maximum Gasteiger partial charge on any atom is 0.292 e. The number of nitrogens with zero attached hydrogens (tertiary/aromatic N) is 5. The highest BCUT2D eigenvalue weighted by molar-refractivity contribution is 5.99. The van der Waals surface area contributed by atoms with Crippen LogP contribution >= 0.6 is 0 Å². The highest BCUT2D eigenvalue weighted by atomic mass is 19.3. The number of fused-ring (bicyclic) bond motifs is 1. The van der Waals surface area contributed by atoms with E-state index < -0.39 is 11.7 Å². The number of piperazine rings is 1. The number of hydrogen-bond acceptors (Lipinski definition) is 5. The maximum absolute atomic E-state index is 15.9. The zero-order chi connectivity index (χ0) is 26.8. The molecule has 0 unspecified atom stereocenters. The van der Waals surface area contributed by atoms with E-state index in [1.165, 1.54) is 6.07 Å². The van der Waals surface area contributed by atoms with Crippen LogP contribution in [-0.4, -0.2) is 46.1 Å². The molecule has 9 heteroatoms. The summed E-state index contributed by atoms with van der Waals surface area (Å²) < 4.78 is 48.4. The van der Waals surface area contributed by atoms with Gasteiger partial charge in [0.25, 0.3) is 5.92 Å². The Kier molecular flexibility index (Phi) is 5.61. The SMILES string of the molecule is C#C[C@@H]1CN(c2cc3c4c(nccc4c2)N(c2cc(F)c4nc(C)cn4c2)C/C(C)=C\C3(F)F)C[C@H](C)N1. The Bertz CT molecular complexity index is 1650. The van der Waals surface area contributed by atoms with Crippen LogP contribution in [0.3, 0.4) is 0 Å². The third kappa shape index (κ3) is 4.05. The van der Waals surface area contributed by atoms with Gasteiger partial charge in [-0.15, -0.1) is 6.42 Å². The van der Waals surface area contributed by atoms with E-state index in [1.54, 1.807) is 53.9 Å². The summed E-state index contributed by atoms with van der Waals surface area (Å²) in [6.45, 7) is 6.74. The van der Waals surface area contributed by atoms with Gasteiger partial charge in [-0.25, -0.2) is 14.4 Å². The molecule has 2 aliphatic rings. The number of aryl methyl sites for hydroxylation is 1. The summed E-state index contributed by atoms with van der Waals surface area (Å²) in [5, 5.41) is 4.31. The molecule has 38 heavy (non-hydrogen) atoms. The van der Waals surface area contributed by atoms with Gasteiger partial charge in [0.05, 0.1) is 17.4 Å². The molecule has 5 heterocycles. The molecular formula is C29H27F3N6. The van der Waals surface area contributed by atoms with E-state index in [9.17, 15) is 0 Å².